The van der Waals surface area contributed by atoms with E-state index in [1.807, 2.05) is 0 Å². The molecule has 2 unspecified atom stereocenters. The van der Waals surface area contributed by atoms with E-state index in [4.69, 9.17) is 0 Å². The quantitative estimate of drug-likeness (QED) is 0.890. The van der Waals surface area contributed by atoms with Crippen LogP contribution in [0.4, 0.5) is 4.39 Å². The van der Waals surface area contributed by atoms with Crippen LogP contribution < -0.4 is 5.32 Å². The van der Waals surface area contributed by atoms with E-state index >= 15 is 0 Å². The molecule has 4 heteroatoms. The SMILES string of the molecule is CC1CCC(NC(=O)c2cccc(F)c2Br)C1. The first-order chi connectivity index (χ1) is 8.08. The van der Waals surface area contributed by atoms with Crippen molar-refractivity contribution < 1.29 is 9.18 Å². The molecule has 1 saturated carbocycles. The van der Waals surface area contributed by atoms with E-state index in [2.05, 4.69) is 28.2 Å². The zero-order valence-electron chi connectivity index (χ0n) is 9.67. The lowest BCUT2D eigenvalue weighted by molar-refractivity contribution is 0.0936. The van der Waals surface area contributed by atoms with Crippen LogP contribution in [0.5, 0.6) is 0 Å². The topological polar surface area (TPSA) is 29.1 Å². The van der Waals surface area contributed by atoms with E-state index in [1.54, 1.807) is 12.1 Å². The summed E-state index contributed by atoms with van der Waals surface area (Å²) in [5.74, 6) is 0.0594. The van der Waals surface area contributed by atoms with Gasteiger partial charge in [0, 0.05) is 6.04 Å². The fraction of sp³-hybridized carbons (Fsp3) is 0.462. The number of nitrogens with one attached hydrogen (secondary N) is 1. The fourth-order valence-electron chi connectivity index (χ4n) is 2.28. The van der Waals surface area contributed by atoms with Gasteiger partial charge in [-0.25, -0.2) is 4.39 Å². The molecule has 0 heterocycles. The summed E-state index contributed by atoms with van der Waals surface area (Å²) in [6.07, 6.45) is 3.17. The average Bonchev–Trinajstić information content (AvgIpc) is 2.68. The van der Waals surface area contributed by atoms with Gasteiger partial charge in [0.25, 0.3) is 5.91 Å². The molecule has 0 radical (unpaired) electrons. The second-order valence-electron chi connectivity index (χ2n) is 4.69. The number of rotatable bonds is 2. The maximum atomic E-state index is 13.3. The molecule has 0 aromatic heterocycles. The summed E-state index contributed by atoms with van der Waals surface area (Å²) in [5.41, 5.74) is 0.365. The van der Waals surface area contributed by atoms with Crippen LogP contribution in [0.2, 0.25) is 0 Å². The van der Waals surface area contributed by atoms with Gasteiger partial charge in [0.15, 0.2) is 0 Å². The van der Waals surface area contributed by atoms with E-state index in [0.717, 1.165) is 19.3 Å². The van der Waals surface area contributed by atoms with Crippen molar-refractivity contribution in [2.24, 2.45) is 5.92 Å². The lowest BCUT2D eigenvalue weighted by atomic mass is 10.1. The first kappa shape index (κ1) is 12.6. The molecule has 1 aliphatic rings. The summed E-state index contributed by atoms with van der Waals surface area (Å²) in [6.45, 7) is 2.18. The Labute approximate surface area is 109 Å². The second kappa shape index (κ2) is 5.17. The van der Waals surface area contributed by atoms with Gasteiger partial charge in [0.2, 0.25) is 0 Å². The normalized spacial score (nSPS) is 23.7. The molecule has 1 aromatic rings. The molecule has 1 fully saturated rings. The molecule has 1 amide bonds. The molecular formula is C13H15BrFNO. The van der Waals surface area contributed by atoms with E-state index < -0.39 is 5.82 Å². The van der Waals surface area contributed by atoms with Crippen LogP contribution in [-0.2, 0) is 0 Å². The maximum absolute atomic E-state index is 13.3. The van der Waals surface area contributed by atoms with Crippen LogP contribution in [0.15, 0.2) is 22.7 Å². The van der Waals surface area contributed by atoms with Gasteiger partial charge < -0.3 is 5.32 Å². The molecule has 0 spiro atoms. The van der Waals surface area contributed by atoms with Crippen molar-refractivity contribution in [1.29, 1.82) is 0 Å². The highest BCUT2D eigenvalue weighted by molar-refractivity contribution is 9.10. The van der Waals surface area contributed by atoms with Crippen LogP contribution in [0.1, 0.15) is 36.5 Å². The third kappa shape index (κ3) is 2.86. The van der Waals surface area contributed by atoms with Crippen LogP contribution in [0, 0.1) is 11.7 Å². The van der Waals surface area contributed by atoms with E-state index in [-0.39, 0.29) is 16.4 Å². The molecular weight excluding hydrogens is 285 g/mol. The van der Waals surface area contributed by atoms with Crippen LogP contribution >= 0.6 is 15.9 Å². The summed E-state index contributed by atoms with van der Waals surface area (Å²) in [7, 11) is 0. The standard InChI is InChI=1S/C13H15BrFNO/c1-8-5-6-9(7-8)16-13(17)10-3-2-4-11(15)12(10)14/h2-4,8-9H,5-7H2,1H3,(H,16,17). The summed E-state index contributed by atoms with van der Waals surface area (Å²) in [6, 6.07) is 4.73. The highest BCUT2D eigenvalue weighted by Crippen LogP contribution is 2.26. The van der Waals surface area contributed by atoms with Crippen LogP contribution in [-0.4, -0.2) is 11.9 Å². The first-order valence-corrected chi connectivity index (χ1v) is 6.62. The Morgan fingerprint density at radius 1 is 1.47 bits per heavy atom. The van der Waals surface area contributed by atoms with Gasteiger partial charge in [-0.1, -0.05) is 13.0 Å². The van der Waals surface area contributed by atoms with Crippen molar-refractivity contribution in [3.8, 4) is 0 Å². The third-order valence-electron chi connectivity index (χ3n) is 3.23. The van der Waals surface area contributed by atoms with Gasteiger partial charge in [-0.15, -0.1) is 0 Å². The largest absolute Gasteiger partial charge is 0.349 e. The summed E-state index contributed by atoms with van der Waals surface area (Å²) < 4.78 is 13.5. The number of carbonyl (C=O) groups excluding carboxylic acids is 1. The van der Waals surface area contributed by atoms with Crippen molar-refractivity contribution in [3.05, 3.63) is 34.1 Å². The predicted molar refractivity (Wildman–Crippen MR) is 68.4 cm³/mol. The average molecular weight is 300 g/mol. The Balaban J connectivity index is 2.07. The van der Waals surface area contributed by atoms with Crippen LogP contribution in [0.3, 0.4) is 0 Å². The third-order valence-corrected chi connectivity index (χ3v) is 4.03. The maximum Gasteiger partial charge on any atom is 0.252 e. The van der Waals surface area contributed by atoms with Gasteiger partial charge >= 0.3 is 0 Å². The lowest BCUT2D eigenvalue weighted by Gasteiger charge is -2.13. The minimum absolute atomic E-state index is 0.199. The van der Waals surface area contributed by atoms with Gasteiger partial charge in [-0.05, 0) is 53.2 Å². The number of carbonyl (C=O) groups is 1. The zero-order chi connectivity index (χ0) is 12.4. The predicted octanol–water partition coefficient (Wildman–Crippen LogP) is 3.51. The minimum atomic E-state index is -0.405. The molecule has 1 N–H and O–H groups in total. The van der Waals surface area contributed by atoms with Crippen molar-refractivity contribution in [3.63, 3.8) is 0 Å². The molecule has 0 bridgehead atoms. The Morgan fingerprint density at radius 3 is 2.88 bits per heavy atom. The molecule has 1 aliphatic carbocycles. The molecule has 0 saturated heterocycles. The number of hydrogen-bond acceptors (Lipinski definition) is 1. The summed E-state index contributed by atoms with van der Waals surface area (Å²) >= 11 is 3.11. The van der Waals surface area contributed by atoms with E-state index in [0.29, 0.717) is 11.5 Å². The summed E-state index contributed by atoms with van der Waals surface area (Å²) in [4.78, 5) is 12.0. The molecule has 2 atom stereocenters. The Morgan fingerprint density at radius 2 is 2.24 bits per heavy atom. The van der Waals surface area contributed by atoms with Gasteiger partial charge in [0.05, 0.1) is 10.0 Å². The van der Waals surface area contributed by atoms with Gasteiger partial charge in [-0.2, -0.15) is 0 Å². The second-order valence-corrected chi connectivity index (χ2v) is 5.48. The van der Waals surface area contributed by atoms with Crippen molar-refractivity contribution >= 4 is 21.8 Å². The number of amides is 1. The van der Waals surface area contributed by atoms with E-state index in [9.17, 15) is 9.18 Å². The number of benzene rings is 1. The highest BCUT2D eigenvalue weighted by Gasteiger charge is 2.24. The number of halogens is 2. The molecule has 17 heavy (non-hydrogen) atoms. The Kier molecular flexibility index (Phi) is 3.82. The summed E-state index contributed by atoms with van der Waals surface area (Å²) in [5, 5.41) is 2.96. The first-order valence-electron chi connectivity index (χ1n) is 5.83. The van der Waals surface area contributed by atoms with Crippen molar-refractivity contribution in [2.45, 2.75) is 32.2 Å². The van der Waals surface area contributed by atoms with Gasteiger partial charge in [-0.3, -0.25) is 4.79 Å². The minimum Gasteiger partial charge on any atom is -0.349 e. The van der Waals surface area contributed by atoms with Crippen LogP contribution in [0.25, 0.3) is 0 Å². The Bertz CT molecular complexity index is 435. The monoisotopic (exact) mass is 299 g/mol. The van der Waals surface area contributed by atoms with Gasteiger partial charge in [0.1, 0.15) is 5.82 Å². The zero-order valence-corrected chi connectivity index (χ0v) is 11.3. The lowest BCUT2D eigenvalue weighted by Crippen LogP contribution is -2.33. The molecule has 2 nitrogen and oxygen atoms in total. The van der Waals surface area contributed by atoms with E-state index in [1.165, 1.54) is 6.07 Å². The molecule has 92 valence electrons. The Hall–Kier alpha value is -0.900. The number of hydrogen-bond donors (Lipinski definition) is 1. The smallest absolute Gasteiger partial charge is 0.252 e. The van der Waals surface area contributed by atoms with Crippen molar-refractivity contribution in [1.82, 2.24) is 5.32 Å². The highest BCUT2D eigenvalue weighted by atomic mass is 79.9. The fourth-order valence-corrected chi connectivity index (χ4v) is 2.72. The molecule has 0 aliphatic heterocycles. The van der Waals surface area contributed by atoms with Crippen molar-refractivity contribution in [2.75, 3.05) is 0 Å². The molecule has 2 rings (SSSR count). The molecule has 1 aromatic carbocycles.